The Balaban J connectivity index is 1.98. The van der Waals surface area contributed by atoms with Crippen molar-refractivity contribution < 1.29 is 9.53 Å². The molecule has 0 fully saturated rings. The van der Waals surface area contributed by atoms with Crippen LogP contribution >= 0.6 is 0 Å². The lowest BCUT2D eigenvalue weighted by molar-refractivity contribution is 0.0539. The molecule has 4 nitrogen and oxygen atoms in total. The van der Waals surface area contributed by atoms with E-state index in [9.17, 15) is 4.79 Å². The van der Waals surface area contributed by atoms with Crippen molar-refractivity contribution in [3.05, 3.63) is 30.1 Å². The first-order valence-corrected chi connectivity index (χ1v) is 10.1. The summed E-state index contributed by atoms with van der Waals surface area (Å²) in [5.74, 6) is 0.812. The number of hydrogen-bond donors (Lipinski definition) is 0. The van der Waals surface area contributed by atoms with Crippen LogP contribution in [0.25, 0.3) is 11.0 Å². The number of carbonyl (C=O) groups excluding carboxylic acids is 1. The SMILES string of the molecule is CCCCCCCCCCc1nc2ccccc2n1C(=O)OC(C)(C)C. The van der Waals surface area contributed by atoms with Gasteiger partial charge >= 0.3 is 6.09 Å². The van der Waals surface area contributed by atoms with Crippen LogP contribution in [0.2, 0.25) is 0 Å². The van der Waals surface area contributed by atoms with Crippen molar-refractivity contribution in [1.82, 2.24) is 9.55 Å². The lowest BCUT2D eigenvalue weighted by atomic mass is 10.1. The molecule has 26 heavy (non-hydrogen) atoms. The fourth-order valence-corrected chi connectivity index (χ4v) is 3.17. The predicted molar refractivity (Wildman–Crippen MR) is 108 cm³/mol. The van der Waals surface area contributed by atoms with Crippen LogP contribution in [0.5, 0.6) is 0 Å². The highest BCUT2D eigenvalue weighted by Crippen LogP contribution is 2.20. The highest BCUT2D eigenvalue weighted by Gasteiger charge is 2.22. The van der Waals surface area contributed by atoms with Gasteiger partial charge in [0.15, 0.2) is 0 Å². The van der Waals surface area contributed by atoms with E-state index < -0.39 is 5.60 Å². The van der Waals surface area contributed by atoms with Gasteiger partial charge in [-0.2, -0.15) is 0 Å². The number of aromatic nitrogens is 2. The first kappa shape index (κ1) is 20.5. The van der Waals surface area contributed by atoms with Gasteiger partial charge in [-0.1, -0.05) is 64.0 Å². The van der Waals surface area contributed by atoms with Crippen molar-refractivity contribution in [2.45, 2.75) is 91.1 Å². The number of carbonyl (C=O) groups is 1. The molecule has 0 aliphatic carbocycles. The second-order valence-corrected chi connectivity index (χ2v) is 8.06. The minimum absolute atomic E-state index is 0.333. The molecular formula is C22H34N2O2. The molecule has 2 aromatic rings. The van der Waals surface area contributed by atoms with Crippen LogP contribution in [-0.4, -0.2) is 21.2 Å². The molecule has 144 valence electrons. The van der Waals surface area contributed by atoms with Crippen LogP contribution in [0.1, 0.15) is 84.9 Å². The van der Waals surface area contributed by atoms with Crippen LogP contribution in [0.3, 0.4) is 0 Å². The molecule has 1 heterocycles. The summed E-state index contributed by atoms with van der Waals surface area (Å²) in [5, 5.41) is 0. The number of unbranched alkanes of at least 4 members (excludes halogenated alkanes) is 7. The monoisotopic (exact) mass is 358 g/mol. The number of rotatable bonds is 9. The maximum absolute atomic E-state index is 12.7. The van der Waals surface area contributed by atoms with Gasteiger partial charge in [-0.05, 0) is 39.3 Å². The van der Waals surface area contributed by atoms with Crippen molar-refractivity contribution >= 4 is 17.1 Å². The molecule has 0 spiro atoms. The largest absolute Gasteiger partial charge is 0.443 e. The molecule has 0 atom stereocenters. The number of hydrogen-bond acceptors (Lipinski definition) is 3. The van der Waals surface area contributed by atoms with Gasteiger partial charge < -0.3 is 4.74 Å². The molecule has 1 aromatic carbocycles. The molecule has 0 bridgehead atoms. The molecule has 0 unspecified atom stereocenters. The van der Waals surface area contributed by atoms with E-state index in [0.29, 0.717) is 0 Å². The zero-order valence-electron chi connectivity index (χ0n) is 16.9. The molecule has 0 saturated carbocycles. The van der Waals surface area contributed by atoms with E-state index in [1.54, 1.807) is 4.57 Å². The highest BCUT2D eigenvalue weighted by molar-refractivity contribution is 5.87. The number of nitrogens with zero attached hydrogens (tertiary/aromatic N) is 2. The third-order valence-electron chi connectivity index (χ3n) is 4.46. The normalized spacial score (nSPS) is 11.8. The number of fused-ring (bicyclic) bond motifs is 1. The molecule has 1 aromatic heterocycles. The Bertz CT molecular complexity index is 698. The summed E-state index contributed by atoms with van der Waals surface area (Å²) in [6.45, 7) is 7.92. The lowest BCUT2D eigenvalue weighted by Crippen LogP contribution is -2.28. The van der Waals surface area contributed by atoms with Gasteiger partial charge in [-0.25, -0.2) is 14.3 Å². The predicted octanol–water partition coefficient (Wildman–Crippen LogP) is 6.50. The zero-order chi connectivity index (χ0) is 19.0. The Morgan fingerprint density at radius 1 is 1.00 bits per heavy atom. The van der Waals surface area contributed by atoms with Crippen molar-refractivity contribution in [3.63, 3.8) is 0 Å². The number of aryl methyl sites for hydroxylation is 1. The Morgan fingerprint density at radius 3 is 2.27 bits per heavy atom. The average molecular weight is 359 g/mol. The second-order valence-electron chi connectivity index (χ2n) is 8.06. The van der Waals surface area contributed by atoms with E-state index in [1.165, 1.54) is 44.9 Å². The summed E-state index contributed by atoms with van der Waals surface area (Å²) in [6, 6.07) is 7.77. The Morgan fingerprint density at radius 2 is 1.62 bits per heavy atom. The molecular weight excluding hydrogens is 324 g/mol. The van der Waals surface area contributed by atoms with Crippen molar-refractivity contribution in [2.75, 3.05) is 0 Å². The van der Waals surface area contributed by atoms with Gasteiger partial charge in [-0.15, -0.1) is 0 Å². The summed E-state index contributed by atoms with van der Waals surface area (Å²) in [7, 11) is 0. The second kappa shape index (κ2) is 9.75. The molecule has 4 heteroatoms. The molecule has 0 N–H and O–H groups in total. The summed E-state index contributed by atoms with van der Waals surface area (Å²) < 4.78 is 7.25. The van der Waals surface area contributed by atoms with Crippen LogP contribution in [0.4, 0.5) is 4.79 Å². The number of imidazole rings is 1. The minimum atomic E-state index is -0.516. The van der Waals surface area contributed by atoms with Gasteiger partial charge in [0.05, 0.1) is 11.0 Å². The molecule has 0 amide bonds. The zero-order valence-corrected chi connectivity index (χ0v) is 16.9. The lowest BCUT2D eigenvalue weighted by Gasteiger charge is -2.20. The first-order valence-electron chi connectivity index (χ1n) is 10.1. The van der Waals surface area contributed by atoms with E-state index in [-0.39, 0.29) is 6.09 Å². The minimum Gasteiger partial charge on any atom is -0.443 e. The Labute approximate surface area is 158 Å². The Kier molecular flexibility index (Phi) is 7.67. The van der Waals surface area contributed by atoms with Crippen LogP contribution in [-0.2, 0) is 11.2 Å². The molecule has 0 aliphatic rings. The maximum atomic E-state index is 12.7. The Hall–Kier alpha value is -1.84. The van der Waals surface area contributed by atoms with E-state index >= 15 is 0 Å². The van der Waals surface area contributed by atoms with Gasteiger partial charge in [0.25, 0.3) is 0 Å². The molecule has 0 aliphatic heterocycles. The third kappa shape index (κ3) is 6.15. The van der Waals surface area contributed by atoms with Crippen molar-refractivity contribution in [1.29, 1.82) is 0 Å². The standard InChI is InChI=1S/C22H34N2O2/c1-5-6-7-8-9-10-11-12-17-20-23-18-15-13-14-16-19(18)24(20)21(25)26-22(2,3)4/h13-16H,5-12,17H2,1-4H3. The van der Waals surface area contributed by atoms with E-state index in [4.69, 9.17) is 4.74 Å². The maximum Gasteiger partial charge on any atom is 0.420 e. The van der Waals surface area contributed by atoms with Crippen molar-refractivity contribution in [2.24, 2.45) is 0 Å². The summed E-state index contributed by atoms with van der Waals surface area (Å²) in [5.41, 5.74) is 1.17. The number of benzene rings is 1. The fourth-order valence-electron chi connectivity index (χ4n) is 3.17. The number of ether oxygens (including phenoxy) is 1. The average Bonchev–Trinajstić information content (AvgIpc) is 2.94. The van der Waals surface area contributed by atoms with E-state index in [1.807, 2.05) is 45.0 Å². The summed E-state index contributed by atoms with van der Waals surface area (Å²) in [6.07, 6.45) is 10.6. The van der Waals surface area contributed by atoms with Crippen LogP contribution in [0.15, 0.2) is 24.3 Å². The van der Waals surface area contributed by atoms with E-state index in [2.05, 4.69) is 11.9 Å². The fraction of sp³-hybridized carbons (Fsp3) is 0.636. The van der Waals surface area contributed by atoms with Gasteiger partial charge in [-0.3, -0.25) is 0 Å². The van der Waals surface area contributed by atoms with Gasteiger partial charge in [0.1, 0.15) is 11.4 Å². The summed E-state index contributed by atoms with van der Waals surface area (Å²) in [4.78, 5) is 17.4. The number of para-hydroxylation sites is 2. The first-order chi connectivity index (χ1) is 12.4. The smallest absolute Gasteiger partial charge is 0.420 e. The molecule has 0 saturated heterocycles. The van der Waals surface area contributed by atoms with Crippen LogP contribution < -0.4 is 0 Å². The third-order valence-corrected chi connectivity index (χ3v) is 4.46. The van der Waals surface area contributed by atoms with Crippen molar-refractivity contribution in [3.8, 4) is 0 Å². The molecule has 0 radical (unpaired) electrons. The highest BCUT2D eigenvalue weighted by atomic mass is 16.6. The van der Waals surface area contributed by atoms with Crippen LogP contribution in [0, 0.1) is 0 Å². The topological polar surface area (TPSA) is 44.1 Å². The van der Waals surface area contributed by atoms with E-state index in [0.717, 1.165) is 29.7 Å². The quantitative estimate of drug-likeness (QED) is 0.480. The molecule has 2 rings (SSSR count). The van der Waals surface area contributed by atoms with Gasteiger partial charge in [0.2, 0.25) is 0 Å². The van der Waals surface area contributed by atoms with Gasteiger partial charge in [0, 0.05) is 6.42 Å². The summed E-state index contributed by atoms with van der Waals surface area (Å²) >= 11 is 0.